The first-order chi connectivity index (χ1) is 15.8. The largest absolute Gasteiger partial charge is 0.342 e. The van der Waals surface area contributed by atoms with E-state index in [0.717, 1.165) is 5.69 Å². The molecule has 3 aromatic rings. The van der Waals surface area contributed by atoms with Crippen molar-refractivity contribution in [2.24, 2.45) is 0 Å². The molecule has 0 radical (unpaired) electrons. The molecule has 2 N–H and O–H groups in total. The summed E-state index contributed by atoms with van der Waals surface area (Å²) in [5.41, 5.74) is 2.39. The Morgan fingerprint density at radius 3 is 2.39 bits per heavy atom. The van der Waals surface area contributed by atoms with Gasteiger partial charge in [0.25, 0.3) is 5.91 Å². The van der Waals surface area contributed by atoms with E-state index in [1.54, 1.807) is 24.3 Å². The van der Waals surface area contributed by atoms with Crippen molar-refractivity contribution in [2.45, 2.75) is 51.4 Å². The second kappa shape index (κ2) is 11.3. The van der Waals surface area contributed by atoms with Crippen molar-refractivity contribution in [1.29, 1.82) is 0 Å². The molecular formula is C24H28ClN5O2S. The molecule has 2 aromatic carbocycles. The molecule has 0 saturated heterocycles. The summed E-state index contributed by atoms with van der Waals surface area (Å²) >= 11 is 7.43. The molecule has 0 aliphatic rings. The van der Waals surface area contributed by atoms with Gasteiger partial charge in [0.15, 0.2) is 11.0 Å². The molecule has 9 heteroatoms. The minimum Gasteiger partial charge on any atom is -0.342 e. The maximum atomic E-state index is 12.6. The molecule has 0 bridgehead atoms. The number of thioether (sulfide) groups is 1. The molecule has 1 heterocycles. The highest BCUT2D eigenvalue weighted by Gasteiger charge is 2.21. The zero-order valence-corrected chi connectivity index (χ0v) is 20.7. The van der Waals surface area contributed by atoms with Gasteiger partial charge in [-0.15, -0.1) is 10.2 Å². The van der Waals surface area contributed by atoms with Crippen molar-refractivity contribution in [2.75, 3.05) is 11.1 Å². The van der Waals surface area contributed by atoms with Crippen LogP contribution in [-0.4, -0.2) is 32.3 Å². The van der Waals surface area contributed by atoms with Gasteiger partial charge in [0.1, 0.15) is 0 Å². The van der Waals surface area contributed by atoms with Crippen LogP contribution in [0.3, 0.4) is 0 Å². The Bertz CT molecular complexity index is 1110. The molecule has 0 aliphatic carbocycles. The summed E-state index contributed by atoms with van der Waals surface area (Å²) in [5.74, 6) is 0.854. The molecule has 0 fully saturated rings. The van der Waals surface area contributed by atoms with Crippen molar-refractivity contribution < 1.29 is 9.59 Å². The Morgan fingerprint density at radius 1 is 1.06 bits per heavy atom. The molecule has 33 heavy (non-hydrogen) atoms. The van der Waals surface area contributed by atoms with Gasteiger partial charge in [0.05, 0.1) is 22.4 Å². The van der Waals surface area contributed by atoms with Crippen molar-refractivity contribution in [1.82, 2.24) is 20.1 Å². The Balaban J connectivity index is 1.61. The van der Waals surface area contributed by atoms with Gasteiger partial charge in [-0.25, -0.2) is 0 Å². The zero-order chi connectivity index (χ0) is 24.0. The third kappa shape index (κ3) is 6.36. The van der Waals surface area contributed by atoms with Gasteiger partial charge in [-0.1, -0.05) is 61.5 Å². The van der Waals surface area contributed by atoms with Crippen LogP contribution in [0.4, 0.5) is 5.69 Å². The fourth-order valence-corrected chi connectivity index (χ4v) is 4.32. The van der Waals surface area contributed by atoms with Crippen LogP contribution in [0.25, 0.3) is 0 Å². The first kappa shape index (κ1) is 24.8. The van der Waals surface area contributed by atoms with Crippen LogP contribution in [0.5, 0.6) is 0 Å². The maximum Gasteiger partial charge on any atom is 0.253 e. The molecular weight excluding hydrogens is 458 g/mol. The average molecular weight is 486 g/mol. The lowest BCUT2D eigenvalue weighted by Crippen LogP contribution is -2.29. The van der Waals surface area contributed by atoms with Crippen LogP contribution in [0.2, 0.25) is 5.02 Å². The number of rotatable bonds is 9. The third-order valence-corrected chi connectivity index (χ3v) is 6.40. The molecule has 0 spiro atoms. The highest BCUT2D eigenvalue weighted by Crippen LogP contribution is 2.23. The second-order valence-corrected chi connectivity index (χ2v) is 9.22. The van der Waals surface area contributed by atoms with E-state index in [4.69, 9.17) is 11.6 Å². The topological polar surface area (TPSA) is 88.9 Å². The molecule has 0 aliphatic heterocycles. The molecule has 0 unspecified atom stereocenters. The fourth-order valence-electron chi connectivity index (χ4n) is 3.29. The first-order valence-electron chi connectivity index (χ1n) is 10.8. The van der Waals surface area contributed by atoms with E-state index < -0.39 is 0 Å². The summed E-state index contributed by atoms with van der Waals surface area (Å²) in [5, 5.41) is 15.3. The molecule has 174 valence electrons. The Kier molecular flexibility index (Phi) is 8.52. The van der Waals surface area contributed by atoms with Crippen LogP contribution < -0.4 is 10.6 Å². The van der Waals surface area contributed by atoms with Crippen molar-refractivity contribution in [3.8, 4) is 0 Å². The monoisotopic (exact) mass is 485 g/mol. The van der Waals surface area contributed by atoms with Gasteiger partial charge in [0, 0.05) is 12.2 Å². The molecule has 7 nitrogen and oxygen atoms in total. The maximum absolute atomic E-state index is 12.6. The fraction of sp³-hybridized carbons (Fsp3) is 0.333. The highest BCUT2D eigenvalue weighted by atomic mass is 35.5. The predicted octanol–water partition coefficient (Wildman–Crippen LogP) is 5.30. The minimum atomic E-state index is -0.385. The smallest absolute Gasteiger partial charge is 0.253 e. The number of hydrogen-bond acceptors (Lipinski definition) is 5. The van der Waals surface area contributed by atoms with Gasteiger partial charge in [0.2, 0.25) is 5.91 Å². The normalized spacial score (nSPS) is 11.9. The number of hydrogen-bond donors (Lipinski definition) is 2. The van der Waals surface area contributed by atoms with E-state index in [2.05, 4.69) is 34.7 Å². The van der Waals surface area contributed by atoms with Crippen molar-refractivity contribution in [3.05, 3.63) is 70.5 Å². The molecule has 3 rings (SSSR count). The number of carbonyl (C=O) groups excluding carboxylic acids is 2. The Hall–Kier alpha value is -2.84. The van der Waals surface area contributed by atoms with Crippen molar-refractivity contribution in [3.63, 3.8) is 0 Å². The van der Waals surface area contributed by atoms with Crippen LogP contribution in [0.1, 0.15) is 61.4 Å². The molecule has 1 atom stereocenters. The molecule has 1 aromatic heterocycles. The standard InChI is InChI=1S/C24H28ClN5O2S/c1-5-30-22(16(4)26-23(32)19-8-6-7-9-20(19)25)28-29-24(30)33-14-21(31)27-18-12-10-17(11-13-18)15(2)3/h6-13,15-16H,5,14H2,1-4H3,(H,26,32)(H,27,31)/t16-/m1/s1. The van der Waals surface area contributed by atoms with Crippen LogP contribution in [-0.2, 0) is 11.3 Å². The lowest BCUT2D eigenvalue weighted by atomic mass is 10.0. The van der Waals surface area contributed by atoms with Gasteiger partial charge in [-0.3, -0.25) is 9.59 Å². The SMILES string of the molecule is CCn1c(SCC(=O)Nc2ccc(C(C)C)cc2)nnc1[C@@H](C)NC(=O)c1ccccc1Cl. The van der Waals surface area contributed by atoms with Crippen molar-refractivity contribution >= 4 is 40.9 Å². The van der Waals surface area contributed by atoms with E-state index in [0.29, 0.717) is 34.0 Å². The number of halogens is 1. The number of aromatic nitrogens is 3. The lowest BCUT2D eigenvalue weighted by molar-refractivity contribution is -0.113. The summed E-state index contributed by atoms with van der Waals surface area (Å²) in [4.78, 5) is 25.0. The van der Waals surface area contributed by atoms with E-state index in [-0.39, 0.29) is 23.6 Å². The average Bonchev–Trinajstić information content (AvgIpc) is 3.21. The summed E-state index contributed by atoms with van der Waals surface area (Å²) < 4.78 is 1.90. The van der Waals surface area contributed by atoms with E-state index in [1.165, 1.54) is 17.3 Å². The number of nitrogens with one attached hydrogen (secondary N) is 2. The quantitative estimate of drug-likeness (QED) is 0.401. The molecule has 2 amide bonds. The number of benzene rings is 2. The van der Waals surface area contributed by atoms with E-state index >= 15 is 0 Å². The van der Waals surface area contributed by atoms with Gasteiger partial charge < -0.3 is 15.2 Å². The highest BCUT2D eigenvalue weighted by molar-refractivity contribution is 7.99. The Morgan fingerprint density at radius 2 is 1.76 bits per heavy atom. The lowest BCUT2D eigenvalue weighted by Gasteiger charge is -2.15. The van der Waals surface area contributed by atoms with Crippen LogP contribution >= 0.6 is 23.4 Å². The number of anilines is 1. The summed E-state index contributed by atoms with van der Waals surface area (Å²) in [6.45, 7) is 8.68. The summed E-state index contributed by atoms with van der Waals surface area (Å²) in [6, 6.07) is 14.4. The second-order valence-electron chi connectivity index (χ2n) is 7.87. The first-order valence-corrected chi connectivity index (χ1v) is 12.2. The van der Waals surface area contributed by atoms with E-state index in [1.807, 2.05) is 42.7 Å². The van der Waals surface area contributed by atoms with E-state index in [9.17, 15) is 9.59 Å². The van der Waals surface area contributed by atoms with Crippen LogP contribution in [0, 0.1) is 0 Å². The van der Waals surface area contributed by atoms with Gasteiger partial charge in [-0.2, -0.15) is 0 Å². The Labute approximate surface area is 203 Å². The van der Waals surface area contributed by atoms with Gasteiger partial charge in [-0.05, 0) is 49.6 Å². The zero-order valence-electron chi connectivity index (χ0n) is 19.1. The van der Waals surface area contributed by atoms with Gasteiger partial charge >= 0.3 is 0 Å². The predicted molar refractivity (Wildman–Crippen MR) is 133 cm³/mol. The minimum absolute atomic E-state index is 0.121. The molecule has 0 saturated carbocycles. The summed E-state index contributed by atoms with van der Waals surface area (Å²) in [6.07, 6.45) is 0. The third-order valence-electron chi connectivity index (χ3n) is 5.11. The number of carbonyl (C=O) groups is 2. The van der Waals surface area contributed by atoms with Crippen LogP contribution in [0.15, 0.2) is 53.7 Å². The summed E-state index contributed by atoms with van der Waals surface area (Å²) in [7, 11) is 0. The number of nitrogens with zero attached hydrogens (tertiary/aromatic N) is 3. The number of amides is 2.